The first-order valence-corrected chi connectivity index (χ1v) is 8.08. The van der Waals surface area contributed by atoms with E-state index in [1.807, 2.05) is 78.9 Å². The van der Waals surface area contributed by atoms with E-state index in [0.717, 1.165) is 16.8 Å². The van der Waals surface area contributed by atoms with Crippen molar-refractivity contribution >= 4 is 0 Å². The fraction of sp³-hybridized carbons (Fsp3) is 0.0476. The van der Waals surface area contributed by atoms with Crippen LogP contribution in [0.25, 0.3) is 5.69 Å². The summed E-state index contributed by atoms with van der Waals surface area (Å²) in [7, 11) is 0. The van der Waals surface area contributed by atoms with Crippen LogP contribution in [0.15, 0.2) is 97.5 Å². The van der Waals surface area contributed by atoms with Crippen LogP contribution >= 0.6 is 0 Å². The summed E-state index contributed by atoms with van der Waals surface area (Å²) in [5.41, 5.74) is 1.75. The number of benzene rings is 2. The summed E-state index contributed by atoms with van der Waals surface area (Å²) < 4.78 is 1.77. The molecule has 0 saturated heterocycles. The van der Waals surface area contributed by atoms with Crippen LogP contribution in [-0.4, -0.2) is 19.9 Å². The predicted molar refractivity (Wildman–Crippen MR) is 96.3 cm³/mol. The maximum Gasteiger partial charge on any atom is 0.157 e. The zero-order chi connectivity index (χ0) is 17.1. The molecular weight excluding hydrogens is 310 g/mol. The summed E-state index contributed by atoms with van der Waals surface area (Å²) in [6.45, 7) is 0. The van der Waals surface area contributed by atoms with Gasteiger partial charge in [-0.2, -0.15) is 5.10 Å². The number of aromatic nitrogens is 3. The smallest absolute Gasteiger partial charge is 0.157 e. The second-order valence-electron chi connectivity index (χ2n) is 5.78. The highest BCUT2D eigenvalue weighted by Gasteiger charge is 2.37. The van der Waals surface area contributed by atoms with Gasteiger partial charge in [0.05, 0.1) is 11.4 Å². The SMILES string of the molecule is OC(c1ccccc1)(c1ccncc1)c1ccnn1-c1ccccc1. The van der Waals surface area contributed by atoms with Gasteiger partial charge in [0.15, 0.2) is 5.60 Å². The van der Waals surface area contributed by atoms with Gasteiger partial charge < -0.3 is 5.11 Å². The monoisotopic (exact) mass is 327 g/mol. The molecule has 0 aliphatic carbocycles. The van der Waals surface area contributed by atoms with Gasteiger partial charge >= 0.3 is 0 Å². The maximum atomic E-state index is 11.9. The van der Waals surface area contributed by atoms with Crippen LogP contribution in [0.4, 0.5) is 0 Å². The van der Waals surface area contributed by atoms with Gasteiger partial charge in [-0.05, 0) is 41.5 Å². The van der Waals surface area contributed by atoms with Gasteiger partial charge in [0.1, 0.15) is 0 Å². The third-order valence-electron chi connectivity index (χ3n) is 4.30. The van der Waals surface area contributed by atoms with Crippen LogP contribution in [0.3, 0.4) is 0 Å². The molecule has 0 radical (unpaired) electrons. The fourth-order valence-corrected chi connectivity index (χ4v) is 3.09. The molecule has 0 spiro atoms. The van der Waals surface area contributed by atoms with Crippen molar-refractivity contribution < 1.29 is 5.11 Å². The largest absolute Gasteiger partial charge is 0.374 e. The summed E-state index contributed by atoms with van der Waals surface area (Å²) in [6.07, 6.45) is 5.08. The molecule has 0 bridgehead atoms. The summed E-state index contributed by atoms with van der Waals surface area (Å²) in [5, 5.41) is 16.3. The summed E-state index contributed by atoms with van der Waals surface area (Å²) in [6, 6.07) is 24.9. The molecule has 1 unspecified atom stereocenters. The Labute approximate surface area is 146 Å². The molecule has 4 heteroatoms. The third kappa shape index (κ3) is 2.62. The Balaban J connectivity index is 1.97. The normalized spacial score (nSPS) is 13.3. The van der Waals surface area contributed by atoms with Gasteiger partial charge in [-0.25, -0.2) is 4.68 Å². The van der Waals surface area contributed by atoms with Crippen molar-refractivity contribution in [1.82, 2.24) is 14.8 Å². The van der Waals surface area contributed by atoms with Gasteiger partial charge in [0, 0.05) is 18.6 Å². The highest BCUT2D eigenvalue weighted by Crippen LogP contribution is 2.37. The number of hydrogen-bond donors (Lipinski definition) is 1. The molecule has 0 fully saturated rings. The lowest BCUT2D eigenvalue weighted by Gasteiger charge is -2.30. The topological polar surface area (TPSA) is 50.9 Å². The molecule has 1 atom stereocenters. The van der Waals surface area contributed by atoms with E-state index in [9.17, 15) is 5.11 Å². The molecule has 4 rings (SSSR count). The molecule has 0 amide bonds. The van der Waals surface area contributed by atoms with Gasteiger partial charge in [-0.15, -0.1) is 0 Å². The number of rotatable bonds is 4. The maximum absolute atomic E-state index is 11.9. The fourth-order valence-electron chi connectivity index (χ4n) is 3.09. The number of pyridine rings is 1. The Kier molecular flexibility index (Phi) is 3.88. The van der Waals surface area contributed by atoms with Crippen molar-refractivity contribution in [1.29, 1.82) is 0 Å². The van der Waals surface area contributed by atoms with E-state index >= 15 is 0 Å². The van der Waals surface area contributed by atoms with Crippen LogP contribution in [0.5, 0.6) is 0 Å². The minimum atomic E-state index is -1.34. The lowest BCUT2D eigenvalue weighted by molar-refractivity contribution is 0.118. The standard InChI is InChI=1S/C21H17N3O/c25-21(17-7-3-1-4-8-17,18-11-14-22-15-12-18)20-13-16-23-24(20)19-9-5-2-6-10-19/h1-16,25H. The van der Waals surface area contributed by atoms with Crippen molar-refractivity contribution in [3.8, 4) is 5.69 Å². The Hall–Kier alpha value is -3.24. The van der Waals surface area contributed by atoms with Crippen LogP contribution in [0, 0.1) is 0 Å². The highest BCUT2D eigenvalue weighted by atomic mass is 16.3. The second kappa shape index (κ2) is 6.34. The number of para-hydroxylation sites is 1. The number of hydrogen-bond acceptors (Lipinski definition) is 3. The van der Waals surface area contributed by atoms with E-state index in [0.29, 0.717) is 5.69 Å². The quantitative estimate of drug-likeness (QED) is 0.623. The zero-order valence-electron chi connectivity index (χ0n) is 13.5. The van der Waals surface area contributed by atoms with E-state index in [4.69, 9.17) is 0 Å². The molecule has 2 aromatic carbocycles. The molecule has 0 aliphatic rings. The summed E-state index contributed by atoms with van der Waals surface area (Å²) in [5.74, 6) is 0. The molecule has 25 heavy (non-hydrogen) atoms. The molecule has 4 nitrogen and oxygen atoms in total. The van der Waals surface area contributed by atoms with Crippen molar-refractivity contribution in [3.05, 3.63) is 114 Å². The summed E-state index contributed by atoms with van der Waals surface area (Å²) in [4.78, 5) is 4.08. The molecule has 0 aliphatic heterocycles. The Morgan fingerprint density at radius 1 is 0.680 bits per heavy atom. The van der Waals surface area contributed by atoms with Gasteiger partial charge in [-0.3, -0.25) is 4.98 Å². The predicted octanol–water partition coefficient (Wildman–Crippen LogP) is 3.55. The molecule has 2 heterocycles. The van der Waals surface area contributed by atoms with Gasteiger partial charge in [-0.1, -0.05) is 48.5 Å². The van der Waals surface area contributed by atoms with Crippen LogP contribution in [0.2, 0.25) is 0 Å². The molecule has 0 saturated carbocycles. The number of aliphatic hydroxyl groups is 1. The Morgan fingerprint density at radius 2 is 1.28 bits per heavy atom. The highest BCUT2D eigenvalue weighted by molar-refractivity contribution is 5.46. The zero-order valence-corrected chi connectivity index (χ0v) is 13.5. The molecular formula is C21H17N3O. The lowest BCUT2D eigenvalue weighted by atomic mass is 9.84. The van der Waals surface area contributed by atoms with Crippen molar-refractivity contribution in [2.75, 3.05) is 0 Å². The Morgan fingerprint density at radius 3 is 1.96 bits per heavy atom. The second-order valence-corrected chi connectivity index (χ2v) is 5.78. The van der Waals surface area contributed by atoms with Gasteiger partial charge in [0.25, 0.3) is 0 Å². The first kappa shape index (κ1) is 15.3. The minimum Gasteiger partial charge on any atom is -0.374 e. The molecule has 4 aromatic rings. The average Bonchev–Trinajstić information content (AvgIpc) is 3.20. The van der Waals surface area contributed by atoms with Crippen LogP contribution < -0.4 is 0 Å². The lowest BCUT2D eigenvalue weighted by Crippen LogP contribution is -2.31. The van der Waals surface area contributed by atoms with Crippen LogP contribution in [-0.2, 0) is 5.60 Å². The van der Waals surface area contributed by atoms with Gasteiger partial charge in [0.2, 0.25) is 0 Å². The van der Waals surface area contributed by atoms with E-state index < -0.39 is 5.60 Å². The number of nitrogens with zero attached hydrogens (tertiary/aromatic N) is 3. The molecule has 1 N–H and O–H groups in total. The first-order valence-electron chi connectivity index (χ1n) is 8.08. The van der Waals surface area contributed by atoms with Crippen LogP contribution in [0.1, 0.15) is 16.8 Å². The molecule has 122 valence electrons. The van der Waals surface area contributed by atoms with E-state index in [1.54, 1.807) is 23.3 Å². The summed E-state index contributed by atoms with van der Waals surface area (Å²) >= 11 is 0. The van der Waals surface area contributed by atoms with Crippen molar-refractivity contribution in [2.24, 2.45) is 0 Å². The average molecular weight is 327 g/mol. The van der Waals surface area contributed by atoms with E-state index in [-0.39, 0.29) is 0 Å². The van der Waals surface area contributed by atoms with E-state index in [2.05, 4.69) is 10.1 Å². The molecule has 2 aromatic heterocycles. The van der Waals surface area contributed by atoms with Crippen molar-refractivity contribution in [3.63, 3.8) is 0 Å². The minimum absolute atomic E-state index is 0.677. The first-order chi connectivity index (χ1) is 12.3. The third-order valence-corrected chi connectivity index (χ3v) is 4.30. The van der Waals surface area contributed by atoms with Crippen molar-refractivity contribution in [2.45, 2.75) is 5.60 Å². The Bertz CT molecular complexity index is 911. The van der Waals surface area contributed by atoms with E-state index in [1.165, 1.54) is 0 Å².